The SMILES string of the molecule is CC(C)n1c(-c2ccco2)nc2cc(Cl)ccc21. The maximum absolute atomic E-state index is 6.01. The van der Waals surface area contributed by atoms with E-state index in [2.05, 4.69) is 23.4 Å². The minimum atomic E-state index is 0.302. The van der Waals surface area contributed by atoms with Gasteiger partial charge in [0.1, 0.15) is 0 Å². The summed E-state index contributed by atoms with van der Waals surface area (Å²) in [5.74, 6) is 1.61. The molecule has 0 spiro atoms. The van der Waals surface area contributed by atoms with Crippen LogP contribution in [0.5, 0.6) is 0 Å². The molecule has 0 bridgehead atoms. The fourth-order valence-corrected chi connectivity index (χ4v) is 2.34. The number of rotatable bonds is 2. The molecule has 3 rings (SSSR count). The zero-order chi connectivity index (χ0) is 12.7. The van der Waals surface area contributed by atoms with Crippen molar-refractivity contribution in [3.63, 3.8) is 0 Å². The molecule has 92 valence electrons. The van der Waals surface area contributed by atoms with Crippen molar-refractivity contribution in [1.82, 2.24) is 9.55 Å². The highest BCUT2D eigenvalue weighted by atomic mass is 35.5. The molecule has 0 atom stereocenters. The van der Waals surface area contributed by atoms with Crippen molar-refractivity contribution in [1.29, 1.82) is 0 Å². The number of hydrogen-bond donors (Lipinski definition) is 0. The van der Waals surface area contributed by atoms with Crippen LogP contribution in [0.3, 0.4) is 0 Å². The predicted octanol–water partition coefficient (Wildman–Crippen LogP) is 4.53. The predicted molar refractivity (Wildman–Crippen MR) is 72.8 cm³/mol. The second-order valence-electron chi connectivity index (χ2n) is 4.51. The van der Waals surface area contributed by atoms with Crippen LogP contribution >= 0.6 is 11.6 Å². The van der Waals surface area contributed by atoms with Crippen molar-refractivity contribution >= 4 is 22.6 Å². The van der Waals surface area contributed by atoms with E-state index in [0.717, 1.165) is 22.6 Å². The third kappa shape index (κ3) is 1.71. The van der Waals surface area contributed by atoms with Gasteiger partial charge in [0, 0.05) is 11.1 Å². The maximum Gasteiger partial charge on any atom is 0.177 e. The van der Waals surface area contributed by atoms with E-state index < -0.39 is 0 Å². The van der Waals surface area contributed by atoms with E-state index >= 15 is 0 Å². The van der Waals surface area contributed by atoms with Gasteiger partial charge in [0.2, 0.25) is 0 Å². The van der Waals surface area contributed by atoms with E-state index in [9.17, 15) is 0 Å². The van der Waals surface area contributed by atoms with E-state index in [0.29, 0.717) is 11.1 Å². The van der Waals surface area contributed by atoms with E-state index in [1.807, 2.05) is 30.3 Å². The number of imidazole rings is 1. The lowest BCUT2D eigenvalue weighted by Crippen LogP contribution is -2.02. The van der Waals surface area contributed by atoms with Gasteiger partial charge in [-0.1, -0.05) is 11.6 Å². The molecule has 0 radical (unpaired) electrons. The standard InChI is InChI=1S/C14H13ClN2O/c1-9(2)17-12-6-5-10(15)8-11(12)16-14(17)13-4-3-7-18-13/h3-9H,1-2H3. The van der Waals surface area contributed by atoms with Crippen LogP contribution in [0.25, 0.3) is 22.6 Å². The fraction of sp³-hybridized carbons (Fsp3) is 0.214. The highest BCUT2D eigenvalue weighted by molar-refractivity contribution is 6.31. The van der Waals surface area contributed by atoms with Crippen molar-refractivity contribution < 1.29 is 4.42 Å². The molecule has 18 heavy (non-hydrogen) atoms. The van der Waals surface area contributed by atoms with E-state index in [-0.39, 0.29) is 0 Å². The number of furan rings is 1. The topological polar surface area (TPSA) is 31.0 Å². The Hall–Kier alpha value is -1.74. The Balaban J connectivity index is 2.34. The third-order valence-electron chi connectivity index (χ3n) is 2.91. The fourth-order valence-electron chi connectivity index (χ4n) is 2.17. The average molecular weight is 261 g/mol. The monoisotopic (exact) mass is 260 g/mol. The molecule has 4 heteroatoms. The quantitative estimate of drug-likeness (QED) is 0.678. The van der Waals surface area contributed by atoms with Gasteiger partial charge >= 0.3 is 0 Å². The molecule has 2 aromatic heterocycles. The first-order chi connectivity index (χ1) is 8.66. The molecule has 0 unspecified atom stereocenters. The summed E-state index contributed by atoms with van der Waals surface area (Å²) in [5.41, 5.74) is 1.96. The molecular formula is C14H13ClN2O. The maximum atomic E-state index is 6.01. The minimum absolute atomic E-state index is 0.302. The van der Waals surface area contributed by atoms with Crippen molar-refractivity contribution in [3.05, 3.63) is 41.6 Å². The summed E-state index contributed by atoms with van der Waals surface area (Å²) < 4.78 is 7.61. The summed E-state index contributed by atoms with van der Waals surface area (Å²) in [6.45, 7) is 4.25. The lowest BCUT2D eigenvalue weighted by molar-refractivity contribution is 0.557. The molecule has 0 saturated heterocycles. The number of halogens is 1. The summed E-state index contributed by atoms with van der Waals surface area (Å²) in [4.78, 5) is 4.62. The van der Waals surface area contributed by atoms with Crippen LogP contribution in [0.4, 0.5) is 0 Å². The smallest absolute Gasteiger partial charge is 0.177 e. The van der Waals surface area contributed by atoms with Crippen molar-refractivity contribution in [2.24, 2.45) is 0 Å². The number of hydrogen-bond acceptors (Lipinski definition) is 2. The molecule has 0 aliphatic carbocycles. The summed E-state index contributed by atoms with van der Waals surface area (Å²) in [5, 5.41) is 0.696. The van der Waals surface area contributed by atoms with Crippen LogP contribution in [-0.4, -0.2) is 9.55 Å². The molecule has 0 amide bonds. The van der Waals surface area contributed by atoms with Crippen molar-refractivity contribution in [2.45, 2.75) is 19.9 Å². The van der Waals surface area contributed by atoms with E-state index in [4.69, 9.17) is 16.0 Å². The molecule has 3 nitrogen and oxygen atoms in total. The molecule has 1 aromatic carbocycles. The highest BCUT2D eigenvalue weighted by Crippen LogP contribution is 2.29. The lowest BCUT2D eigenvalue weighted by atomic mass is 10.3. The van der Waals surface area contributed by atoms with E-state index in [1.54, 1.807) is 6.26 Å². The molecular weight excluding hydrogens is 248 g/mol. The molecule has 3 aromatic rings. The zero-order valence-electron chi connectivity index (χ0n) is 10.2. The Labute approximate surface area is 110 Å². The number of aromatic nitrogens is 2. The zero-order valence-corrected chi connectivity index (χ0v) is 11.0. The van der Waals surface area contributed by atoms with Crippen LogP contribution in [0.2, 0.25) is 5.02 Å². The summed E-state index contributed by atoms with van der Waals surface area (Å²) >= 11 is 6.01. The van der Waals surface area contributed by atoms with Gasteiger partial charge in [-0.3, -0.25) is 0 Å². The molecule has 0 fully saturated rings. The van der Waals surface area contributed by atoms with Crippen LogP contribution < -0.4 is 0 Å². The van der Waals surface area contributed by atoms with Gasteiger partial charge in [-0.2, -0.15) is 0 Å². The Morgan fingerprint density at radius 2 is 2.11 bits per heavy atom. The summed E-state index contributed by atoms with van der Waals surface area (Å²) in [6.07, 6.45) is 1.66. The van der Waals surface area contributed by atoms with Crippen LogP contribution in [0, 0.1) is 0 Å². The lowest BCUT2D eigenvalue weighted by Gasteiger charge is -2.11. The van der Waals surface area contributed by atoms with Gasteiger partial charge in [-0.25, -0.2) is 4.98 Å². The van der Waals surface area contributed by atoms with Crippen LogP contribution in [0.1, 0.15) is 19.9 Å². The van der Waals surface area contributed by atoms with Gasteiger partial charge in [-0.15, -0.1) is 0 Å². The van der Waals surface area contributed by atoms with E-state index in [1.165, 1.54) is 0 Å². The Morgan fingerprint density at radius 3 is 2.78 bits per heavy atom. The van der Waals surface area contributed by atoms with Crippen LogP contribution in [-0.2, 0) is 0 Å². The number of benzene rings is 1. The minimum Gasteiger partial charge on any atom is -0.461 e. The van der Waals surface area contributed by atoms with Crippen molar-refractivity contribution in [2.75, 3.05) is 0 Å². The first kappa shape index (κ1) is 11.4. The molecule has 2 heterocycles. The second kappa shape index (κ2) is 4.18. The van der Waals surface area contributed by atoms with Gasteiger partial charge in [0.05, 0.1) is 17.3 Å². The molecule has 0 N–H and O–H groups in total. The largest absolute Gasteiger partial charge is 0.461 e. The Morgan fingerprint density at radius 1 is 1.28 bits per heavy atom. The Kier molecular flexibility index (Phi) is 2.63. The van der Waals surface area contributed by atoms with Crippen molar-refractivity contribution in [3.8, 4) is 11.6 Å². The number of fused-ring (bicyclic) bond motifs is 1. The average Bonchev–Trinajstić information content (AvgIpc) is 2.93. The van der Waals surface area contributed by atoms with Crippen LogP contribution in [0.15, 0.2) is 41.0 Å². The highest BCUT2D eigenvalue weighted by Gasteiger charge is 2.16. The first-order valence-corrected chi connectivity index (χ1v) is 6.26. The molecule has 0 saturated carbocycles. The van der Waals surface area contributed by atoms with Gasteiger partial charge in [-0.05, 0) is 44.2 Å². The summed E-state index contributed by atoms with van der Waals surface area (Å²) in [6, 6.07) is 9.85. The first-order valence-electron chi connectivity index (χ1n) is 5.88. The third-order valence-corrected chi connectivity index (χ3v) is 3.14. The van der Waals surface area contributed by atoms with Gasteiger partial charge in [0.15, 0.2) is 11.6 Å². The normalized spacial score (nSPS) is 11.6. The summed E-state index contributed by atoms with van der Waals surface area (Å²) in [7, 11) is 0. The van der Waals surface area contributed by atoms with Gasteiger partial charge < -0.3 is 8.98 Å². The van der Waals surface area contributed by atoms with Gasteiger partial charge in [0.25, 0.3) is 0 Å². The Bertz CT molecular complexity index is 683. The number of nitrogens with zero attached hydrogens (tertiary/aromatic N) is 2. The molecule has 0 aliphatic rings. The second-order valence-corrected chi connectivity index (χ2v) is 4.95. The molecule has 0 aliphatic heterocycles.